The first-order valence-electron chi connectivity index (χ1n) is 11.8. The van der Waals surface area contributed by atoms with Gasteiger partial charge in [0.1, 0.15) is 0 Å². The Morgan fingerprint density at radius 1 is 0.871 bits per heavy atom. The number of aliphatic carboxylic acids is 1. The molecule has 0 aromatic carbocycles. The van der Waals surface area contributed by atoms with E-state index in [9.17, 15) is 34.7 Å². The summed E-state index contributed by atoms with van der Waals surface area (Å²) in [5.41, 5.74) is -2.59. The van der Waals surface area contributed by atoms with Crippen LogP contribution in [0.1, 0.15) is 110 Å². The van der Waals surface area contributed by atoms with Crippen LogP contribution in [0.4, 0.5) is 0 Å². The quantitative estimate of drug-likeness (QED) is 0.127. The van der Waals surface area contributed by atoms with E-state index in [0.29, 0.717) is 12.8 Å². The van der Waals surface area contributed by atoms with Crippen LogP contribution in [0.3, 0.4) is 0 Å². The standard InChI is InChI=1S/C22H43O8P/c1-2-3-4-5-6-7-8-9-10-11-12-13-14-15-16-21(27,17-19(24)18-23)22(28,20(25)26)31(29)30/h19,23-24,27-28H,2-18H2,1H3,(H,25,26). The molecular formula is C22H43O8P. The van der Waals surface area contributed by atoms with Crippen molar-refractivity contribution in [2.24, 2.45) is 0 Å². The van der Waals surface area contributed by atoms with Crippen molar-refractivity contribution in [1.29, 1.82) is 0 Å². The van der Waals surface area contributed by atoms with E-state index in [1.54, 1.807) is 0 Å². The van der Waals surface area contributed by atoms with Gasteiger partial charge in [0.15, 0.2) is 5.60 Å². The van der Waals surface area contributed by atoms with Crippen LogP contribution < -0.4 is 4.89 Å². The summed E-state index contributed by atoms with van der Waals surface area (Å²) in [6.07, 6.45) is 12.7. The number of carbonyl (C=O) groups is 1. The number of hydrogen-bond donors (Lipinski definition) is 5. The summed E-state index contributed by atoms with van der Waals surface area (Å²) >= 11 is 0. The molecule has 0 aliphatic carbocycles. The molecule has 4 atom stereocenters. The van der Waals surface area contributed by atoms with Crippen molar-refractivity contribution >= 4 is 14.0 Å². The molecule has 0 fully saturated rings. The van der Waals surface area contributed by atoms with E-state index in [0.717, 1.165) is 25.7 Å². The zero-order valence-electron chi connectivity index (χ0n) is 19.0. The van der Waals surface area contributed by atoms with E-state index < -0.39 is 44.1 Å². The maximum atomic E-state index is 11.4. The third-order valence-electron chi connectivity index (χ3n) is 5.94. The number of carboxylic acids is 1. The van der Waals surface area contributed by atoms with Gasteiger partial charge in [-0.3, -0.25) is 0 Å². The monoisotopic (exact) mass is 466 g/mol. The third kappa shape index (κ3) is 11.2. The first kappa shape index (κ1) is 30.4. The molecule has 0 rings (SSSR count). The Morgan fingerprint density at radius 2 is 1.26 bits per heavy atom. The molecule has 5 N–H and O–H groups in total. The van der Waals surface area contributed by atoms with Gasteiger partial charge in [0.25, 0.3) is 0 Å². The van der Waals surface area contributed by atoms with Crippen LogP contribution in [-0.2, 0) is 9.36 Å². The molecule has 0 aliphatic heterocycles. The summed E-state index contributed by atoms with van der Waals surface area (Å²) in [7, 11) is -3.94. The molecule has 9 heteroatoms. The summed E-state index contributed by atoms with van der Waals surface area (Å²) < 4.78 is 11.4. The number of rotatable bonds is 21. The SMILES string of the molecule is CCCCCCCCCCCCCCCCC(O)(CC(O)CO)C(O)(C(=O)O)[P+](=O)[O-]. The zero-order chi connectivity index (χ0) is 23.8. The van der Waals surface area contributed by atoms with Gasteiger partial charge in [-0.1, -0.05) is 101 Å². The van der Waals surface area contributed by atoms with E-state index in [1.807, 2.05) is 0 Å². The fourth-order valence-electron chi connectivity index (χ4n) is 3.93. The normalized spacial score (nSPS) is 17.0. The fraction of sp³-hybridized carbons (Fsp3) is 0.955. The highest BCUT2D eigenvalue weighted by atomic mass is 31.1. The molecule has 184 valence electrons. The van der Waals surface area contributed by atoms with Crippen molar-refractivity contribution in [3.8, 4) is 0 Å². The lowest BCUT2D eigenvalue weighted by Gasteiger charge is -2.35. The summed E-state index contributed by atoms with van der Waals surface area (Å²) in [6.45, 7) is 1.43. The van der Waals surface area contributed by atoms with Gasteiger partial charge >= 0.3 is 19.3 Å². The highest BCUT2D eigenvalue weighted by Gasteiger charge is 2.66. The lowest BCUT2D eigenvalue weighted by molar-refractivity contribution is -0.213. The highest BCUT2D eigenvalue weighted by molar-refractivity contribution is 7.39. The number of aliphatic hydroxyl groups is 4. The maximum absolute atomic E-state index is 11.4. The second-order valence-electron chi connectivity index (χ2n) is 8.65. The molecule has 0 amide bonds. The van der Waals surface area contributed by atoms with Crippen molar-refractivity contribution in [3.63, 3.8) is 0 Å². The zero-order valence-corrected chi connectivity index (χ0v) is 19.9. The van der Waals surface area contributed by atoms with Crippen molar-refractivity contribution < 1.29 is 39.8 Å². The van der Waals surface area contributed by atoms with Gasteiger partial charge in [-0.05, 0) is 6.42 Å². The molecule has 0 saturated heterocycles. The molecule has 31 heavy (non-hydrogen) atoms. The van der Waals surface area contributed by atoms with Crippen LogP contribution in [0, 0.1) is 0 Å². The van der Waals surface area contributed by atoms with E-state index in [1.165, 1.54) is 51.4 Å². The first-order valence-corrected chi connectivity index (χ1v) is 12.9. The van der Waals surface area contributed by atoms with Crippen LogP contribution in [0.5, 0.6) is 0 Å². The Morgan fingerprint density at radius 3 is 1.58 bits per heavy atom. The summed E-state index contributed by atoms with van der Waals surface area (Å²) in [4.78, 5) is 22.8. The van der Waals surface area contributed by atoms with Crippen molar-refractivity contribution in [3.05, 3.63) is 0 Å². The third-order valence-corrected chi connectivity index (χ3v) is 7.08. The van der Waals surface area contributed by atoms with Crippen LogP contribution in [0.25, 0.3) is 0 Å². The molecular weight excluding hydrogens is 423 g/mol. The number of aliphatic hydroxyl groups excluding tert-OH is 2. The Hall–Kier alpha value is -0.630. The molecule has 0 radical (unpaired) electrons. The second-order valence-corrected chi connectivity index (χ2v) is 9.81. The molecule has 8 nitrogen and oxygen atoms in total. The van der Waals surface area contributed by atoms with Crippen molar-refractivity contribution in [1.82, 2.24) is 0 Å². The average molecular weight is 467 g/mol. The Balaban J connectivity index is 4.22. The molecule has 0 saturated carbocycles. The molecule has 0 aliphatic rings. The highest BCUT2D eigenvalue weighted by Crippen LogP contribution is 2.44. The summed E-state index contributed by atoms with van der Waals surface area (Å²) in [6, 6.07) is 0. The predicted molar refractivity (Wildman–Crippen MR) is 118 cm³/mol. The fourth-order valence-corrected chi connectivity index (χ4v) is 4.63. The van der Waals surface area contributed by atoms with E-state index in [-0.39, 0.29) is 6.42 Å². The molecule has 4 unspecified atom stereocenters. The minimum Gasteiger partial charge on any atom is -0.593 e. The van der Waals surface area contributed by atoms with Crippen LogP contribution in [0.15, 0.2) is 0 Å². The molecule has 0 aromatic rings. The number of unbranched alkanes of at least 4 members (excludes halogenated alkanes) is 13. The smallest absolute Gasteiger partial charge is 0.390 e. The molecule has 0 aromatic heterocycles. The van der Waals surface area contributed by atoms with Crippen LogP contribution >= 0.6 is 8.03 Å². The average Bonchev–Trinajstić information content (AvgIpc) is 2.72. The largest absolute Gasteiger partial charge is 0.593 e. The van der Waals surface area contributed by atoms with E-state index in [4.69, 9.17) is 5.11 Å². The summed E-state index contributed by atoms with van der Waals surface area (Å²) in [5, 5.41) is 45.3. The first-order chi connectivity index (χ1) is 14.7. The van der Waals surface area contributed by atoms with Gasteiger partial charge in [-0.15, -0.1) is 0 Å². The molecule has 0 heterocycles. The Bertz CT molecular complexity index is 488. The van der Waals surface area contributed by atoms with Gasteiger partial charge in [-0.25, -0.2) is 4.79 Å². The van der Waals surface area contributed by atoms with Gasteiger partial charge in [-0.2, -0.15) is 0 Å². The Labute approximate surface area is 187 Å². The molecule has 0 spiro atoms. The lowest BCUT2D eigenvalue weighted by Crippen LogP contribution is -2.59. The lowest BCUT2D eigenvalue weighted by atomic mass is 9.84. The minimum absolute atomic E-state index is 0.297. The van der Waals surface area contributed by atoms with Crippen LogP contribution in [-0.4, -0.2) is 55.2 Å². The van der Waals surface area contributed by atoms with E-state index >= 15 is 0 Å². The number of hydrogen-bond acceptors (Lipinski definition) is 7. The minimum atomic E-state index is -3.94. The van der Waals surface area contributed by atoms with Crippen LogP contribution in [0.2, 0.25) is 0 Å². The van der Waals surface area contributed by atoms with Gasteiger partial charge in [0.05, 0.1) is 12.7 Å². The maximum Gasteiger partial charge on any atom is 0.390 e. The van der Waals surface area contributed by atoms with Crippen molar-refractivity contribution in [2.75, 3.05) is 6.61 Å². The van der Waals surface area contributed by atoms with Crippen molar-refractivity contribution in [2.45, 2.75) is 127 Å². The molecule has 0 bridgehead atoms. The summed E-state index contributed by atoms with van der Waals surface area (Å²) in [5.74, 6) is -2.10. The van der Waals surface area contributed by atoms with Gasteiger partial charge in [0.2, 0.25) is 0 Å². The number of carboxylic acid groups (broad SMARTS) is 1. The van der Waals surface area contributed by atoms with Gasteiger partial charge < -0.3 is 30.4 Å². The topological polar surface area (TPSA) is 158 Å². The van der Waals surface area contributed by atoms with E-state index in [2.05, 4.69) is 6.92 Å². The Kier molecular flexibility index (Phi) is 16.6. The predicted octanol–water partition coefficient (Wildman–Crippen LogP) is 3.21. The second kappa shape index (κ2) is 16.9. The van der Waals surface area contributed by atoms with Gasteiger partial charge in [0, 0.05) is 6.42 Å².